The average Bonchev–Trinajstić information content (AvgIpc) is 2.96. The van der Waals surface area contributed by atoms with E-state index in [1.165, 1.54) is 4.90 Å². The minimum absolute atomic E-state index is 0.219. The number of hydrogen-bond donors (Lipinski definition) is 1. The van der Waals surface area contributed by atoms with E-state index in [9.17, 15) is 4.79 Å². The van der Waals surface area contributed by atoms with E-state index in [0.29, 0.717) is 13.1 Å². The first-order valence-corrected chi connectivity index (χ1v) is 6.71. The quantitative estimate of drug-likeness (QED) is 0.911. The molecule has 1 aliphatic rings. The van der Waals surface area contributed by atoms with Crippen molar-refractivity contribution in [3.05, 3.63) is 36.5 Å². The second kappa shape index (κ2) is 5.00. The number of fused-ring (bicyclic) bond motifs is 1. The van der Waals surface area contributed by atoms with Crippen LogP contribution in [0.25, 0.3) is 10.9 Å². The SMILES string of the molecule is CN(c1cccc2ncccc12)[C@H]1CCN(C(=O)O)C1. The van der Waals surface area contributed by atoms with Crippen molar-refractivity contribution in [3.63, 3.8) is 0 Å². The smallest absolute Gasteiger partial charge is 0.407 e. The normalized spacial score (nSPS) is 18.4. The van der Waals surface area contributed by atoms with Gasteiger partial charge < -0.3 is 14.9 Å². The maximum Gasteiger partial charge on any atom is 0.407 e. The van der Waals surface area contributed by atoms with Gasteiger partial charge in [0.05, 0.1) is 5.52 Å². The molecule has 3 rings (SSSR count). The Labute approximate surface area is 117 Å². The fourth-order valence-electron chi connectivity index (χ4n) is 2.82. The molecule has 1 atom stereocenters. The van der Waals surface area contributed by atoms with Crippen molar-refractivity contribution >= 4 is 22.7 Å². The third kappa shape index (κ3) is 2.15. The summed E-state index contributed by atoms with van der Waals surface area (Å²) in [5.41, 5.74) is 2.07. The summed E-state index contributed by atoms with van der Waals surface area (Å²) in [6.45, 7) is 1.16. The number of hydrogen-bond acceptors (Lipinski definition) is 3. The summed E-state index contributed by atoms with van der Waals surface area (Å²) in [6, 6.07) is 10.2. The third-order valence-corrected chi connectivity index (χ3v) is 3.98. The maximum absolute atomic E-state index is 11.0. The van der Waals surface area contributed by atoms with Crippen LogP contribution in [-0.4, -0.2) is 47.3 Å². The van der Waals surface area contributed by atoms with Crippen LogP contribution in [0.2, 0.25) is 0 Å². The minimum atomic E-state index is -0.833. The van der Waals surface area contributed by atoms with Crippen molar-refractivity contribution in [1.29, 1.82) is 0 Å². The van der Waals surface area contributed by atoms with Crippen LogP contribution in [0, 0.1) is 0 Å². The first kappa shape index (κ1) is 12.7. The highest BCUT2D eigenvalue weighted by Crippen LogP contribution is 2.28. The van der Waals surface area contributed by atoms with Crippen molar-refractivity contribution in [1.82, 2.24) is 9.88 Å². The molecule has 1 saturated heterocycles. The zero-order chi connectivity index (χ0) is 14.1. The zero-order valence-corrected chi connectivity index (χ0v) is 11.4. The molecule has 0 radical (unpaired) electrons. The predicted molar refractivity (Wildman–Crippen MR) is 78.1 cm³/mol. The molecule has 104 valence electrons. The van der Waals surface area contributed by atoms with Gasteiger partial charge in [-0.1, -0.05) is 6.07 Å². The second-order valence-electron chi connectivity index (χ2n) is 5.13. The monoisotopic (exact) mass is 271 g/mol. The van der Waals surface area contributed by atoms with Crippen LogP contribution in [0.3, 0.4) is 0 Å². The Morgan fingerprint density at radius 3 is 3.00 bits per heavy atom. The lowest BCUT2D eigenvalue weighted by Gasteiger charge is -2.27. The van der Waals surface area contributed by atoms with Crippen molar-refractivity contribution in [2.24, 2.45) is 0 Å². The van der Waals surface area contributed by atoms with Gasteiger partial charge in [0, 0.05) is 43.4 Å². The van der Waals surface area contributed by atoms with E-state index in [2.05, 4.69) is 22.0 Å². The number of carbonyl (C=O) groups is 1. The van der Waals surface area contributed by atoms with Gasteiger partial charge in [0.15, 0.2) is 0 Å². The lowest BCUT2D eigenvalue weighted by molar-refractivity contribution is 0.155. The number of nitrogens with zero attached hydrogens (tertiary/aromatic N) is 3. The Kier molecular flexibility index (Phi) is 3.18. The number of pyridine rings is 1. The highest BCUT2D eigenvalue weighted by atomic mass is 16.4. The molecule has 0 saturated carbocycles. The molecule has 1 amide bonds. The summed E-state index contributed by atoms with van der Waals surface area (Å²) >= 11 is 0. The Morgan fingerprint density at radius 2 is 2.25 bits per heavy atom. The summed E-state index contributed by atoms with van der Waals surface area (Å²) in [5.74, 6) is 0. The minimum Gasteiger partial charge on any atom is -0.465 e. The fraction of sp³-hybridized carbons (Fsp3) is 0.333. The molecule has 1 aliphatic heterocycles. The average molecular weight is 271 g/mol. The molecule has 1 aromatic carbocycles. The van der Waals surface area contributed by atoms with Gasteiger partial charge in [0.1, 0.15) is 0 Å². The van der Waals surface area contributed by atoms with E-state index in [1.54, 1.807) is 6.20 Å². The van der Waals surface area contributed by atoms with Gasteiger partial charge in [-0.3, -0.25) is 4.98 Å². The van der Waals surface area contributed by atoms with Crippen molar-refractivity contribution in [2.45, 2.75) is 12.5 Å². The first-order chi connectivity index (χ1) is 9.66. The molecule has 0 unspecified atom stereocenters. The van der Waals surface area contributed by atoms with E-state index in [1.807, 2.05) is 25.2 Å². The van der Waals surface area contributed by atoms with Crippen molar-refractivity contribution in [2.75, 3.05) is 25.0 Å². The molecular weight excluding hydrogens is 254 g/mol. The number of likely N-dealkylation sites (N-methyl/N-ethyl adjacent to an activating group) is 1. The van der Waals surface area contributed by atoms with Gasteiger partial charge >= 0.3 is 6.09 Å². The number of carboxylic acid groups (broad SMARTS) is 1. The van der Waals surface area contributed by atoms with Crippen molar-refractivity contribution < 1.29 is 9.90 Å². The molecule has 0 bridgehead atoms. The number of anilines is 1. The zero-order valence-electron chi connectivity index (χ0n) is 11.4. The van der Waals surface area contributed by atoms with Crippen LogP contribution in [-0.2, 0) is 0 Å². The summed E-state index contributed by atoms with van der Waals surface area (Å²) in [5, 5.41) is 10.2. The molecule has 2 aromatic rings. The van der Waals surface area contributed by atoms with Gasteiger partial charge in [-0.05, 0) is 30.7 Å². The van der Waals surface area contributed by atoms with Gasteiger partial charge in [0.2, 0.25) is 0 Å². The first-order valence-electron chi connectivity index (χ1n) is 6.71. The molecule has 5 nitrogen and oxygen atoms in total. The van der Waals surface area contributed by atoms with Gasteiger partial charge in [-0.25, -0.2) is 4.79 Å². The molecule has 1 aromatic heterocycles. The Bertz CT molecular complexity index is 639. The summed E-state index contributed by atoms with van der Waals surface area (Å²) in [7, 11) is 2.03. The van der Waals surface area contributed by atoms with Crippen LogP contribution >= 0.6 is 0 Å². The number of likely N-dealkylation sites (tertiary alicyclic amines) is 1. The van der Waals surface area contributed by atoms with Crippen molar-refractivity contribution in [3.8, 4) is 0 Å². The molecule has 0 aliphatic carbocycles. The number of benzene rings is 1. The van der Waals surface area contributed by atoms with E-state index in [4.69, 9.17) is 5.11 Å². The Balaban J connectivity index is 1.90. The molecule has 1 fully saturated rings. The van der Waals surface area contributed by atoms with E-state index in [0.717, 1.165) is 23.0 Å². The third-order valence-electron chi connectivity index (χ3n) is 3.98. The van der Waals surface area contributed by atoms with Gasteiger partial charge in [-0.15, -0.1) is 0 Å². The lowest BCUT2D eigenvalue weighted by atomic mass is 10.1. The predicted octanol–water partition coefficient (Wildman–Crippen LogP) is 2.42. The van der Waals surface area contributed by atoms with E-state index < -0.39 is 6.09 Å². The molecule has 5 heteroatoms. The van der Waals surface area contributed by atoms with Crippen LogP contribution in [0.1, 0.15) is 6.42 Å². The number of amides is 1. The molecule has 0 spiro atoms. The van der Waals surface area contributed by atoms with Crippen LogP contribution in [0.5, 0.6) is 0 Å². The Morgan fingerprint density at radius 1 is 1.40 bits per heavy atom. The molecular formula is C15H17N3O2. The number of aromatic nitrogens is 1. The largest absolute Gasteiger partial charge is 0.465 e. The topological polar surface area (TPSA) is 56.7 Å². The lowest BCUT2D eigenvalue weighted by Crippen LogP contribution is -2.36. The summed E-state index contributed by atoms with van der Waals surface area (Å²) in [4.78, 5) is 19.0. The fourth-order valence-corrected chi connectivity index (χ4v) is 2.82. The summed E-state index contributed by atoms with van der Waals surface area (Å²) in [6.07, 6.45) is 1.81. The van der Waals surface area contributed by atoms with E-state index >= 15 is 0 Å². The van der Waals surface area contributed by atoms with Crippen LogP contribution in [0.4, 0.5) is 10.5 Å². The standard InChI is InChI=1S/C15H17N3O2/c1-17(11-7-9-18(10-11)15(19)20)14-6-2-5-13-12(14)4-3-8-16-13/h2-6,8,11H,7,9-10H2,1H3,(H,19,20)/t11-/m0/s1. The van der Waals surface area contributed by atoms with Gasteiger partial charge in [0.25, 0.3) is 0 Å². The molecule has 20 heavy (non-hydrogen) atoms. The summed E-state index contributed by atoms with van der Waals surface area (Å²) < 4.78 is 0. The van der Waals surface area contributed by atoms with Crippen LogP contribution in [0.15, 0.2) is 36.5 Å². The second-order valence-corrected chi connectivity index (χ2v) is 5.13. The molecule has 1 N–H and O–H groups in total. The Hall–Kier alpha value is -2.30. The molecule has 2 heterocycles. The van der Waals surface area contributed by atoms with Gasteiger partial charge in [-0.2, -0.15) is 0 Å². The van der Waals surface area contributed by atoms with Crippen LogP contribution < -0.4 is 4.90 Å². The highest BCUT2D eigenvalue weighted by molar-refractivity contribution is 5.91. The highest BCUT2D eigenvalue weighted by Gasteiger charge is 2.29. The van der Waals surface area contributed by atoms with E-state index in [-0.39, 0.29) is 6.04 Å². The number of rotatable bonds is 2. The maximum atomic E-state index is 11.0.